The van der Waals surface area contributed by atoms with Gasteiger partial charge in [0.2, 0.25) is 5.91 Å². The number of nitrogens with zero attached hydrogens (tertiary/aromatic N) is 2. The van der Waals surface area contributed by atoms with Crippen molar-refractivity contribution in [1.82, 2.24) is 15.5 Å². The summed E-state index contributed by atoms with van der Waals surface area (Å²) < 4.78 is 11.1. The normalized spacial score (nSPS) is 13.0. The molecule has 7 nitrogen and oxygen atoms in total. The zero-order valence-corrected chi connectivity index (χ0v) is 21.3. The average Bonchev–Trinajstić information content (AvgIpc) is 3.45. The predicted octanol–water partition coefficient (Wildman–Crippen LogP) is 5.58. The molecule has 0 fully saturated rings. The Morgan fingerprint density at radius 1 is 1.03 bits per heavy atom. The lowest BCUT2D eigenvalue weighted by Crippen LogP contribution is -2.31. The maximum atomic E-state index is 13.2. The van der Waals surface area contributed by atoms with Gasteiger partial charge in [0.25, 0.3) is 0 Å². The molecule has 3 aromatic heterocycles. The molecule has 0 aliphatic heterocycles. The highest BCUT2D eigenvalue weighted by Crippen LogP contribution is 2.32. The monoisotopic (exact) mass is 495 g/mol. The van der Waals surface area contributed by atoms with Crippen LogP contribution in [0.1, 0.15) is 62.9 Å². The van der Waals surface area contributed by atoms with Crippen LogP contribution in [-0.2, 0) is 11.2 Å². The van der Waals surface area contributed by atoms with Crippen molar-refractivity contribution in [2.45, 2.75) is 46.3 Å². The second-order valence-electron chi connectivity index (χ2n) is 9.46. The van der Waals surface area contributed by atoms with E-state index in [9.17, 15) is 9.90 Å². The fourth-order valence-electron chi connectivity index (χ4n) is 4.76. The first-order valence-corrected chi connectivity index (χ1v) is 12.2. The number of aliphatic hydroxyl groups is 1. The second kappa shape index (κ2) is 10.0. The SMILES string of the molecule is Cc1cnc(C(NC(=O)Cc2ccc3oc(C(O)c4c(C)noc4C)cc3c2)c2ccccc2)c(C)c1. The topological polar surface area (TPSA) is 101 Å². The van der Waals surface area contributed by atoms with Crippen molar-refractivity contribution in [3.8, 4) is 0 Å². The van der Waals surface area contributed by atoms with Crippen molar-refractivity contribution >= 4 is 16.9 Å². The summed E-state index contributed by atoms with van der Waals surface area (Å²) >= 11 is 0. The van der Waals surface area contributed by atoms with Gasteiger partial charge in [-0.05, 0) is 68.1 Å². The molecular formula is C30H29N3O4. The van der Waals surface area contributed by atoms with Crippen molar-refractivity contribution in [2.75, 3.05) is 0 Å². The lowest BCUT2D eigenvalue weighted by atomic mass is 9.98. The molecule has 0 aliphatic carbocycles. The van der Waals surface area contributed by atoms with E-state index in [-0.39, 0.29) is 18.4 Å². The Bertz CT molecular complexity index is 1550. The number of aliphatic hydroxyl groups excluding tert-OH is 1. The van der Waals surface area contributed by atoms with Crippen LogP contribution in [0.3, 0.4) is 0 Å². The van der Waals surface area contributed by atoms with Crippen molar-refractivity contribution in [3.05, 3.63) is 118 Å². The number of carbonyl (C=O) groups excluding carboxylic acids is 1. The highest BCUT2D eigenvalue weighted by atomic mass is 16.5. The van der Waals surface area contributed by atoms with E-state index in [1.54, 1.807) is 19.9 Å². The Hall–Kier alpha value is -4.23. The van der Waals surface area contributed by atoms with E-state index < -0.39 is 6.10 Å². The molecule has 7 heteroatoms. The number of nitrogens with one attached hydrogen (secondary N) is 1. The lowest BCUT2D eigenvalue weighted by Gasteiger charge is -2.21. The highest BCUT2D eigenvalue weighted by Gasteiger charge is 2.24. The Balaban J connectivity index is 1.37. The Kier molecular flexibility index (Phi) is 6.63. The van der Waals surface area contributed by atoms with Crippen molar-refractivity contribution < 1.29 is 18.8 Å². The molecule has 2 unspecified atom stereocenters. The first-order valence-electron chi connectivity index (χ1n) is 12.2. The van der Waals surface area contributed by atoms with E-state index in [1.165, 1.54) is 0 Å². The summed E-state index contributed by atoms with van der Waals surface area (Å²) in [6.07, 6.45) is 1.03. The summed E-state index contributed by atoms with van der Waals surface area (Å²) in [5.41, 5.74) is 6.59. The summed E-state index contributed by atoms with van der Waals surface area (Å²) in [7, 11) is 0. The highest BCUT2D eigenvalue weighted by molar-refractivity contribution is 5.83. The molecule has 0 saturated heterocycles. The van der Waals surface area contributed by atoms with E-state index in [1.807, 2.05) is 68.6 Å². The zero-order valence-electron chi connectivity index (χ0n) is 21.3. The number of carbonyl (C=O) groups is 1. The summed E-state index contributed by atoms with van der Waals surface area (Å²) in [6, 6.07) is 19.0. The summed E-state index contributed by atoms with van der Waals surface area (Å²) in [5, 5.41) is 18.8. The fraction of sp³-hybridized carbons (Fsp3) is 0.233. The quantitative estimate of drug-likeness (QED) is 0.306. The molecule has 2 N–H and O–H groups in total. The molecule has 2 aromatic carbocycles. The number of fused-ring (bicyclic) bond motifs is 1. The van der Waals surface area contributed by atoms with Crippen LogP contribution in [0.25, 0.3) is 11.0 Å². The molecule has 0 radical (unpaired) electrons. The van der Waals surface area contributed by atoms with Gasteiger partial charge in [0.15, 0.2) is 0 Å². The van der Waals surface area contributed by atoms with Crippen LogP contribution in [-0.4, -0.2) is 21.2 Å². The van der Waals surface area contributed by atoms with Crippen LogP contribution in [0.2, 0.25) is 0 Å². The number of benzene rings is 2. The van der Waals surface area contributed by atoms with Crippen molar-refractivity contribution in [3.63, 3.8) is 0 Å². The summed E-state index contributed by atoms with van der Waals surface area (Å²) in [6.45, 7) is 7.56. The number of furan rings is 1. The molecule has 1 amide bonds. The van der Waals surface area contributed by atoms with Crippen LogP contribution < -0.4 is 5.32 Å². The molecule has 188 valence electrons. The molecule has 0 spiro atoms. The number of rotatable bonds is 7. The van der Waals surface area contributed by atoms with Crippen molar-refractivity contribution in [2.24, 2.45) is 0 Å². The second-order valence-corrected chi connectivity index (χ2v) is 9.46. The van der Waals surface area contributed by atoms with Gasteiger partial charge >= 0.3 is 0 Å². The molecule has 37 heavy (non-hydrogen) atoms. The minimum absolute atomic E-state index is 0.116. The van der Waals surface area contributed by atoms with Crippen LogP contribution in [0.15, 0.2) is 75.8 Å². The Labute approximate surface area is 215 Å². The number of hydrogen-bond acceptors (Lipinski definition) is 6. The molecule has 2 atom stereocenters. The van der Waals surface area contributed by atoms with E-state index in [0.717, 1.165) is 33.3 Å². The average molecular weight is 496 g/mol. The van der Waals surface area contributed by atoms with Gasteiger partial charge in [-0.1, -0.05) is 47.6 Å². The van der Waals surface area contributed by atoms with Crippen LogP contribution in [0.4, 0.5) is 0 Å². The van der Waals surface area contributed by atoms with E-state index in [4.69, 9.17) is 8.94 Å². The van der Waals surface area contributed by atoms with Gasteiger partial charge in [-0.25, -0.2) is 0 Å². The van der Waals surface area contributed by atoms with Gasteiger partial charge < -0.3 is 19.4 Å². The molecule has 3 heterocycles. The number of aryl methyl sites for hydroxylation is 4. The first-order chi connectivity index (χ1) is 17.8. The van der Waals surface area contributed by atoms with Crippen LogP contribution in [0.5, 0.6) is 0 Å². The Morgan fingerprint density at radius 2 is 1.81 bits per heavy atom. The summed E-state index contributed by atoms with van der Waals surface area (Å²) in [5.74, 6) is 0.833. The standard InChI is InChI=1S/C30H29N3O4/c1-17-12-18(2)28(31-16-17)29(22-8-6-5-7-9-22)32-26(34)14-21-10-11-24-23(13-21)15-25(36-24)30(35)27-19(3)33-37-20(27)4/h5-13,15-16,29-30,35H,14H2,1-4H3,(H,32,34). The van der Waals surface area contributed by atoms with E-state index >= 15 is 0 Å². The maximum absolute atomic E-state index is 13.2. The van der Waals surface area contributed by atoms with E-state index in [0.29, 0.717) is 28.4 Å². The van der Waals surface area contributed by atoms with Crippen molar-refractivity contribution in [1.29, 1.82) is 0 Å². The third-order valence-corrected chi connectivity index (χ3v) is 6.56. The number of amides is 1. The predicted molar refractivity (Wildman–Crippen MR) is 140 cm³/mol. The number of hydrogen-bond donors (Lipinski definition) is 2. The van der Waals surface area contributed by atoms with Gasteiger partial charge in [-0.3, -0.25) is 9.78 Å². The van der Waals surface area contributed by atoms with Gasteiger partial charge in [0.1, 0.15) is 23.2 Å². The van der Waals surface area contributed by atoms with Crippen LogP contribution in [0, 0.1) is 27.7 Å². The number of aromatic nitrogens is 2. The third kappa shape index (κ3) is 5.04. The molecule has 0 saturated carbocycles. The molecular weight excluding hydrogens is 466 g/mol. The summed E-state index contributed by atoms with van der Waals surface area (Å²) in [4.78, 5) is 17.9. The lowest BCUT2D eigenvalue weighted by molar-refractivity contribution is -0.121. The van der Waals surface area contributed by atoms with Gasteiger partial charge in [-0.2, -0.15) is 0 Å². The van der Waals surface area contributed by atoms with Gasteiger partial charge in [-0.15, -0.1) is 0 Å². The minimum atomic E-state index is -0.984. The molecule has 0 bridgehead atoms. The molecule has 5 rings (SSSR count). The zero-order chi connectivity index (χ0) is 26.1. The minimum Gasteiger partial charge on any atom is -0.458 e. The fourth-order valence-corrected chi connectivity index (χ4v) is 4.76. The third-order valence-electron chi connectivity index (χ3n) is 6.56. The van der Waals surface area contributed by atoms with Crippen LogP contribution >= 0.6 is 0 Å². The van der Waals surface area contributed by atoms with Gasteiger partial charge in [0.05, 0.1) is 29.4 Å². The number of pyridine rings is 1. The Morgan fingerprint density at radius 3 is 2.51 bits per heavy atom. The maximum Gasteiger partial charge on any atom is 0.225 e. The smallest absolute Gasteiger partial charge is 0.225 e. The molecule has 0 aliphatic rings. The first kappa shape index (κ1) is 24.5. The largest absolute Gasteiger partial charge is 0.458 e. The van der Waals surface area contributed by atoms with E-state index in [2.05, 4.69) is 21.5 Å². The van der Waals surface area contributed by atoms with Gasteiger partial charge in [0, 0.05) is 11.6 Å². The molecule has 5 aromatic rings.